The van der Waals surface area contributed by atoms with Gasteiger partial charge in [0.1, 0.15) is 5.69 Å². The summed E-state index contributed by atoms with van der Waals surface area (Å²) in [4.78, 5) is 18.7. The molecule has 3 nitrogen and oxygen atoms in total. The third kappa shape index (κ3) is 3.09. The van der Waals surface area contributed by atoms with Crippen LogP contribution in [0.2, 0.25) is 0 Å². The largest absolute Gasteiger partial charge is 0.338 e. The molecule has 0 spiro atoms. The van der Waals surface area contributed by atoms with Gasteiger partial charge in [0.25, 0.3) is 5.91 Å². The molecule has 0 saturated heterocycles. The molecule has 18 heavy (non-hydrogen) atoms. The number of carbonyl (C=O) groups excluding carboxylic acids is 1. The zero-order chi connectivity index (χ0) is 13.5. The first-order valence-electron chi connectivity index (χ1n) is 6.95. The highest BCUT2D eigenvalue weighted by Gasteiger charge is 2.19. The van der Waals surface area contributed by atoms with Gasteiger partial charge in [-0.1, -0.05) is 20.8 Å². The van der Waals surface area contributed by atoms with Gasteiger partial charge in [0, 0.05) is 19.3 Å². The first-order valence-corrected chi connectivity index (χ1v) is 6.95. The van der Waals surface area contributed by atoms with E-state index in [1.54, 1.807) is 6.20 Å². The fraction of sp³-hybridized carbons (Fsp3) is 0.600. The van der Waals surface area contributed by atoms with Gasteiger partial charge >= 0.3 is 0 Å². The number of rotatable bonds is 6. The first kappa shape index (κ1) is 14.7. The van der Waals surface area contributed by atoms with E-state index in [9.17, 15) is 4.79 Å². The van der Waals surface area contributed by atoms with E-state index in [4.69, 9.17) is 0 Å². The zero-order valence-electron chi connectivity index (χ0n) is 12.0. The Bertz CT molecular complexity index is 401. The Kier molecular flexibility index (Phi) is 5.83. The average Bonchev–Trinajstić information content (AvgIpc) is 2.42. The minimum atomic E-state index is 0.0755. The van der Waals surface area contributed by atoms with Crippen LogP contribution in [-0.4, -0.2) is 28.9 Å². The third-order valence-corrected chi connectivity index (χ3v) is 3.25. The molecule has 0 aliphatic heterocycles. The molecule has 0 saturated carbocycles. The number of aromatic nitrogens is 1. The van der Waals surface area contributed by atoms with Crippen molar-refractivity contribution >= 4 is 5.91 Å². The van der Waals surface area contributed by atoms with E-state index < -0.39 is 0 Å². The molecule has 1 aromatic rings. The lowest BCUT2D eigenvalue weighted by Gasteiger charge is -2.21. The normalized spacial score (nSPS) is 10.4. The smallest absolute Gasteiger partial charge is 0.272 e. The Morgan fingerprint density at radius 3 is 2.44 bits per heavy atom. The predicted octanol–water partition coefficient (Wildman–Crippen LogP) is 3.08. The molecule has 100 valence electrons. The maximum atomic E-state index is 12.5. The molecule has 0 aromatic carbocycles. The van der Waals surface area contributed by atoms with Gasteiger partial charge < -0.3 is 4.90 Å². The SMILES string of the molecule is CCCN(CC)C(=O)c1nccc(CC)c1CC. The van der Waals surface area contributed by atoms with Crippen molar-refractivity contribution in [1.82, 2.24) is 9.88 Å². The van der Waals surface area contributed by atoms with Gasteiger partial charge in [0.2, 0.25) is 0 Å². The van der Waals surface area contributed by atoms with Crippen LogP contribution >= 0.6 is 0 Å². The van der Waals surface area contributed by atoms with Crippen LogP contribution in [-0.2, 0) is 12.8 Å². The van der Waals surface area contributed by atoms with Gasteiger partial charge in [0.15, 0.2) is 0 Å². The second-order valence-electron chi connectivity index (χ2n) is 4.39. The quantitative estimate of drug-likeness (QED) is 0.775. The number of hydrogen-bond donors (Lipinski definition) is 0. The molecule has 1 amide bonds. The lowest BCUT2D eigenvalue weighted by atomic mass is 10.0. The number of hydrogen-bond acceptors (Lipinski definition) is 2. The summed E-state index contributed by atoms with van der Waals surface area (Å²) >= 11 is 0. The molecule has 3 heteroatoms. The number of pyridine rings is 1. The van der Waals surface area contributed by atoms with Crippen LogP contribution in [0.1, 0.15) is 55.7 Å². The van der Waals surface area contributed by atoms with E-state index in [0.29, 0.717) is 5.69 Å². The van der Waals surface area contributed by atoms with Crippen LogP contribution in [0, 0.1) is 0 Å². The Balaban J connectivity index is 3.11. The van der Waals surface area contributed by atoms with Gasteiger partial charge in [-0.05, 0) is 43.4 Å². The molecule has 0 aliphatic rings. The average molecular weight is 248 g/mol. The van der Waals surface area contributed by atoms with E-state index >= 15 is 0 Å². The van der Waals surface area contributed by atoms with Crippen molar-refractivity contribution in [3.63, 3.8) is 0 Å². The van der Waals surface area contributed by atoms with E-state index in [-0.39, 0.29) is 5.91 Å². The maximum Gasteiger partial charge on any atom is 0.272 e. The molecule has 0 fully saturated rings. The zero-order valence-corrected chi connectivity index (χ0v) is 12.0. The molecule has 1 heterocycles. The van der Waals surface area contributed by atoms with Gasteiger partial charge in [-0.3, -0.25) is 9.78 Å². The van der Waals surface area contributed by atoms with Crippen LogP contribution in [0.3, 0.4) is 0 Å². The van der Waals surface area contributed by atoms with E-state index in [1.165, 1.54) is 5.56 Å². The highest BCUT2D eigenvalue weighted by Crippen LogP contribution is 2.16. The van der Waals surface area contributed by atoms with Gasteiger partial charge in [-0.2, -0.15) is 0 Å². The van der Waals surface area contributed by atoms with Gasteiger partial charge in [-0.15, -0.1) is 0 Å². The van der Waals surface area contributed by atoms with E-state index in [0.717, 1.165) is 37.9 Å². The van der Waals surface area contributed by atoms with E-state index in [2.05, 4.69) is 25.8 Å². The lowest BCUT2D eigenvalue weighted by molar-refractivity contribution is 0.0757. The van der Waals surface area contributed by atoms with Gasteiger partial charge in [-0.25, -0.2) is 0 Å². The van der Waals surface area contributed by atoms with Crippen LogP contribution in [0.4, 0.5) is 0 Å². The van der Waals surface area contributed by atoms with Gasteiger partial charge in [0.05, 0.1) is 0 Å². The predicted molar refractivity (Wildman–Crippen MR) is 74.9 cm³/mol. The molecule has 0 bridgehead atoms. The van der Waals surface area contributed by atoms with Crippen LogP contribution in [0.15, 0.2) is 12.3 Å². The van der Waals surface area contributed by atoms with Crippen LogP contribution in [0.5, 0.6) is 0 Å². The van der Waals surface area contributed by atoms with Crippen molar-refractivity contribution in [2.45, 2.75) is 47.0 Å². The highest BCUT2D eigenvalue weighted by molar-refractivity contribution is 5.94. The van der Waals surface area contributed by atoms with Crippen molar-refractivity contribution in [3.8, 4) is 0 Å². The van der Waals surface area contributed by atoms with Crippen molar-refractivity contribution in [2.24, 2.45) is 0 Å². The van der Waals surface area contributed by atoms with E-state index in [1.807, 2.05) is 17.9 Å². The summed E-state index contributed by atoms with van der Waals surface area (Å²) < 4.78 is 0. The minimum Gasteiger partial charge on any atom is -0.338 e. The first-order chi connectivity index (χ1) is 8.69. The summed E-state index contributed by atoms with van der Waals surface area (Å²) in [7, 11) is 0. The summed E-state index contributed by atoms with van der Waals surface area (Å²) in [5, 5.41) is 0. The van der Waals surface area contributed by atoms with Crippen molar-refractivity contribution < 1.29 is 4.79 Å². The summed E-state index contributed by atoms with van der Waals surface area (Å²) in [6.07, 6.45) is 4.55. The molecule has 0 radical (unpaired) electrons. The topological polar surface area (TPSA) is 33.2 Å². The Morgan fingerprint density at radius 2 is 1.94 bits per heavy atom. The summed E-state index contributed by atoms with van der Waals surface area (Å²) in [6.45, 7) is 9.86. The second-order valence-corrected chi connectivity index (χ2v) is 4.39. The summed E-state index contributed by atoms with van der Waals surface area (Å²) in [5.41, 5.74) is 3.00. The highest BCUT2D eigenvalue weighted by atomic mass is 16.2. The Labute approximate surface area is 110 Å². The summed E-state index contributed by atoms with van der Waals surface area (Å²) in [6, 6.07) is 2.02. The molecule has 0 atom stereocenters. The fourth-order valence-corrected chi connectivity index (χ4v) is 2.27. The van der Waals surface area contributed by atoms with Crippen molar-refractivity contribution in [2.75, 3.05) is 13.1 Å². The molecule has 0 aliphatic carbocycles. The molecule has 1 aromatic heterocycles. The molecular formula is C15H24N2O. The number of carbonyl (C=O) groups is 1. The second kappa shape index (κ2) is 7.14. The fourth-order valence-electron chi connectivity index (χ4n) is 2.27. The number of nitrogens with zero attached hydrogens (tertiary/aromatic N) is 2. The molecular weight excluding hydrogens is 224 g/mol. The number of aryl methyl sites for hydroxylation is 1. The maximum absolute atomic E-state index is 12.5. The van der Waals surface area contributed by atoms with Crippen molar-refractivity contribution in [1.29, 1.82) is 0 Å². The lowest BCUT2D eigenvalue weighted by Crippen LogP contribution is -2.33. The number of amides is 1. The molecule has 1 rings (SSSR count). The van der Waals surface area contributed by atoms with Crippen molar-refractivity contribution in [3.05, 3.63) is 29.1 Å². The Morgan fingerprint density at radius 1 is 1.22 bits per heavy atom. The standard InChI is InChI=1S/C15H24N2O/c1-5-11-17(8-4)15(18)14-13(7-3)12(6-2)9-10-16-14/h9-10H,5-8,11H2,1-4H3. The minimum absolute atomic E-state index is 0.0755. The Hall–Kier alpha value is -1.38. The molecule has 0 unspecified atom stereocenters. The monoisotopic (exact) mass is 248 g/mol. The molecule has 0 N–H and O–H groups in total. The van der Waals surface area contributed by atoms with Crippen LogP contribution < -0.4 is 0 Å². The van der Waals surface area contributed by atoms with Crippen LogP contribution in [0.25, 0.3) is 0 Å². The summed E-state index contributed by atoms with van der Waals surface area (Å²) in [5.74, 6) is 0.0755. The third-order valence-electron chi connectivity index (χ3n) is 3.25.